The van der Waals surface area contributed by atoms with Crippen LogP contribution in [0.3, 0.4) is 0 Å². The van der Waals surface area contributed by atoms with Gasteiger partial charge in [0.15, 0.2) is 0 Å². The largest absolute Gasteiger partial charge is 0.858 e. The van der Waals surface area contributed by atoms with Crippen LogP contribution in [0.1, 0.15) is 13.8 Å². The molecule has 0 aromatic heterocycles. The maximum Gasteiger partial charge on any atom is 0.272 e. The van der Waals surface area contributed by atoms with Crippen LogP contribution in [0.2, 0.25) is 0 Å². The van der Waals surface area contributed by atoms with Crippen molar-refractivity contribution in [3.63, 3.8) is 0 Å². The Kier molecular flexibility index (Phi) is 1.12. The molecule has 0 saturated carbocycles. The van der Waals surface area contributed by atoms with Crippen molar-refractivity contribution in [3.8, 4) is 0 Å². The van der Waals surface area contributed by atoms with Gasteiger partial charge in [0.05, 0.1) is 0 Å². The van der Waals surface area contributed by atoms with E-state index in [1.165, 1.54) is 0 Å². The van der Waals surface area contributed by atoms with Crippen molar-refractivity contribution >= 4 is 11.8 Å². The molecule has 0 bridgehead atoms. The fourth-order valence-electron chi connectivity index (χ4n) is 0.581. The third kappa shape index (κ3) is 0.740. The summed E-state index contributed by atoms with van der Waals surface area (Å²) in [7, 11) is 0. The number of amides is 1. The van der Waals surface area contributed by atoms with E-state index in [-0.39, 0.29) is 0 Å². The summed E-state index contributed by atoms with van der Waals surface area (Å²) in [6.07, 6.45) is 0. The maximum atomic E-state index is 10.5. The van der Waals surface area contributed by atoms with Gasteiger partial charge >= 0.3 is 0 Å². The minimum atomic E-state index is -0.391. The van der Waals surface area contributed by atoms with E-state index < -0.39 is 11.8 Å². The van der Waals surface area contributed by atoms with Crippen molar-refractivity contribution in [2.24, 2.45) is 4.99 Å². The molecule has 0 spiro atoms. The van der Waals surface area contributed by atoms with E-state index in [4.69, 9.17) is 0 Å². The average Bonchev–Trinajstić information content (AvgIpc) is 1.98. The number of rotatable bonds is 0. The van der Waals surface area contributed by atoms with Gasteiger partial charge in [0.1, 0.15) is 0 Å². The highest BCUT2D eigenvalue weighted by Crippen LogP contribution is 2.11. The molecular weight excluding hydrogens is 118 g/mol. The van der Waals surface area contributed by atoms with Crippen LogP contribution in [0.4, 0.5) is 0 Å². The molecule has 0 N–H and O–H groups in total. The highest BCUT2D eigenvalue weighted by Gasteiger charge is 2.12. The Morgan fingerprint density at radius 2 is 1.89 bits per heavy atom. The fraction of sp³-hybridized carbons (Fsp3) is 0.333. The Hall–Kier alpha value is -1.12. The molecule has 0 aliphatic carbocycles. The Morgan fingerprint density at radius 1 is 1.33 bits per heavy atom. The lowest BCUT2D eigenvalue weighted by Crippen LogP contribution is -2.15. The van der Waals surface area contributed by atoms with Gasteiger partial charge in [0, 0.05) is 5.57 Å². The molecule has 3 nitrogen and oxygen atoms in total. The highest BCUT2D eigenvalue weighted by atomic mass is 16.3. The standard InChI is InChI=1S/C6H7NO2/c1-3-4(2)6(9)7-5(3)8/h1-2H3,(H,7,8,9)/p-1. The summed E-state index contributed by atoms with van der Waals surface area (Å²) in [5, 5.41) is 10.5. The Balaban J connectivity index is 3.11. The molecule has 0 fully saturated rings. The van der Waals surface area contributed by atoms with Crippen LogP contribution in [0.15, 0.2) is 16.1 Å². The van der Waals surface area contributed by atoms with Gasteiger partial charge in [-0.1, -0.05) is 0 Å². The second-order valence-corrected chi connectivity index (χ2v) is 1.97. The van der Waals surface area contributed by atoms with Gasteiger partial charge in [-0.2, -0.15) is 0 Å². The lowest BCUT2D eigenvalue weighted by atomic mass is 10.2. The Bertz CT molecular complexity index is 225. The third-order valence-electron chi connectivity index (χ3n) is 1.41. The van der Waals surface area contributed by atoms with E-state index in [0.717, 1.165) is 0 Å². The van der Waals surface area contributed by atoms with Crippen molar-refractivity contribution < 1.29 is 9.90 Å². The quantitative estimate of drug-likeness (QED) is 0.442. The zero-order chi connectivity index (χ0) is 7.02. The van der Waals surface area contributed by atoms with E-state index in [9.17, 15) is 9.90 Å². The zero-order valence-corrected chi connectivity index (χ0v) is 5.26. The lowest BCUT2D eigenvalue weighted by molar-refractivity contribution is -0.212. The minimum absolute atomic E-state index is 0.391. The molecule has 1 amide bonds. The molecule has 0 aromatic carbocycles. The SMILES string of the molecule is CC1=C(C)C([O-])=NC1=O. The summed E-state index contributed by atoms with van der Waals surface area (Å²) in [6, 6.07) is 0. The van der Waals surface area contributed by atoms with Crippen molar-refractivity contribution in [2.45, 2.75) is 13.8 Å². The molecule has 0 saturated heterocycles. The average molecular weight is 124 g/mol. The second kappa shape index (κ2) is 1.69. The number of hydrogen-bond acceptors (Lipinski definition) is 2. The molecule has 1 heterocycles. The maximum absolute atomic E-state index is 10.5. The number of aliphatic imine (C=N–C) groups is 1. The van der Waals surface area contributed by atoms with Crippen LogP contribution in [0.25, 0.3) is 0 Å². The van der Waals surface area contributed by atoms with Gasteiger partial charge in [-0.3, -0.25) is 4.79 Å². The molecule has 0 radical (unpaired) electrons. The first-order chi connectivity index (χ1) is 4.13. The first kappa shape index (κ1) is 6.01. The fourth-order valence-corrected chi connectivity index (χ4v) is 0.581. The second-order valence-electron chi connectivity index (χ2n) is 1.97. The van der Waals surface area contributed by atoms with Gasteiger partial charge in [0.2, 0.25) is 0 Å². The Labute approximate surface area is 52.7 Å². The van der Waals surface area contributed by atoms with Crippen LogP contribution < -0.4 is 5.11 Å². The summed E-state index contributed by atoms with van der Waals surface area (Å²) in [5.74, 6) is -0.782. The summed E-state index contributed by atoms with van der Waals surface area (Å²) in [5.41, 5.74) is 0.944. The van der Waals surface area contributed by atoms with Gasteiger partial charge in [0.25, 0.3) is 5.91 Å². The predicted octanol–water partition coefficient (Wildman–Crippen LogP) is -0.378. The lowest BCUT2D eigenvalue weighted by Gasteiger charge is -2.02. The van der Waals surface area contributed by atoms with E-state index in [1.807, 2.05) is 0 Å². The summed E-state index contributed by atoms with van der Waals surface area (Å²) in [6.45, 7) is 3.21. The summed E-state index contributed by atoms with van der Waals surface area (Å²) >= 11 is 0. The molecule has 0 unspecified atom stereocenters. The molecule has 3 heteroatoms. The van der Waals surface area contributed by atoms with Crippen molar-refractivity contribution in [2.75, 3.05) is 0 Å². The highest BCUT2D eigenvalue weighted by molar-refractivity contribution is 6.14. The van der Waals surface area contributed by atoms with E-state index in [0.29, 0.717) is 11.1 Å². The smallest absolute Gasteiger partial charge is 0.272 e. The summed E-state index contributed by atoms with van der Waals surface area (Å²) in [4.78, 5) is 13.7. The molecule has 9 heavy (non-hydrogen) atoms. The number of carbonyl (C=O) groups excluding carboxylic acids is 1. The third-order valence-corrected chi connectivity index (χ3v) is 1.41. The molecule has 1 rings (SSSR count). The first-order valence-electron chi connectivity index (χ1n) is 2.61. The van der Waals surface area contributed by atoms with E-state index in [1.54, 1.807) is 13.8 Å². The van der Waals surface area contributed by atoms with E-state index >= 15 is 0 Å². The van der Waals surface area contributed by atoms with Crippen LogP contribution in [0, 0.1) is 0 Å². The van der Waals surface area contributed by atoms with Crippen molar-refractivity contribution in [3.05, 3.63) is 11.1 Å². The minimum Gasteiger partial charge on any atom is -0.858 e. The van der Waals surface area contributed by atoms with Crippen molar-refractivity contribution in [1.82, 2.24) is 0 Å². The van der Waals surface area contributed by atoms with Gasteiger partial charge in [-0.25, -0.2) is 4.99 Å². The molecule has 1 aliphatic rings. The number of hydrogen-bond donors (Lipinski definition) is 0. The molecule has 0 atom stereocenters. The van der Waals surface area contributed by atoms with Crippen LogP contribution in [-0.2, 0) is 4.79 Å². The van der Waals surface area contributed by atoms with Crippen molar-refractivity contribution in [1.29, 1.82) is 0 Å². The number of carbonyl (C=O) groups is 1. The predicted molar refractivity (Wildman–Crippen MR) is 30.8 cm³/mol. The van der Waals surface area contributed by atoms with Crippen LogP contribution in [-0.4, -0.2) is 11.8 Å². The topological polar surface area (TPSA) is 52.5 Å². The van der Waals surface area contributed by atoms with Gasteiger partial charge < -0.3 is 5.11 Å². The Morgan fingerprint density at radius 3 is 2.00 bits per heavy atom. The number of nitrogens with zero attached hydrogens (tertiary/aromatic N) is 1. The van der Waals surface area contributed by atoms with Crippen LogP contribution in [0.5, 0.6) is 0 Å². The van der Waals surface area contributed by atoms with E-state index in [2.05, 4.69) is 4.99 Å². The monoisotopic (exact) mass is 124 g/mol. The first-order valence-corrected chi connectivity index (χ1v) is 2.61. The normalized spacial score (nSPS) is 18.9. The molecule has 0 aromatic rings. The molecular formula is C6H6NO2-. The molecule has 1 aliphatic heterocycles. The van der Waals surface area contributed by atoms with Gasteiger partial charge in [-0.15, -0.1) is 0 Å². The van der Waals surface area contributed by atoms with Crippen LogP contribution >= 0.6 is 0 Å². The van der Waals surface area contributed by atoms with Gasteiger partial charge in [-0.05, 0) is 25.3 Å². The molecule has 48 valence electrons. The summed E-state index contributed by atoms with van der Waals surface area (Å²) < 4.78 is 0. The zero-order valence-electron chi connectivity index (χ0n) is 5.26.